The van der Waals surface area contributed by atoms with Gasteiger partial charge in [-0.1, -0.05) is 30.3 Å². The lowest BCUT2D eigenvalue weighted by molar-refractivity contribution is -0.139. The highest BCUT2D eigenvalue weighted by Gasteiger charge is 2.21. The van der Waals surface area contributed by atoms with E-state index in [4.69, 9.17) is 4.42 Å². The average Bonchev–Trinajstić information content (AvgIpc) is 3.37. The Kier molecular flexibility index (Phi) is 5.48. The SMILES string of the molecule is CC(NC(=O)C(=O)NCC(c1ccco1)n1cccn1)c1ccccc1. The largest absolute Gasteiger partial charge is 0.467 e. The van der Waals surface area contributed by atoms with Crippen LogP contribution in [0.4, 0.5) is 0 Å². The molecule has 7 heteroatoms. The van der Waals surface area contributed by atoms with Gasteiger partial charge in [-0.05, 0) is 30.7 Å². The maximum atomic E-state index is 12.2. The molecular formula is C19H20N4O3. The van der Waals surface area contributed by atoms with Gasteiger partial charge < -0.3 is 15.1 Å². The summed E-state index contributed by atoms with van der Waals surface area (Å²) in [7, 11) is 0. The third kappa shape index (κ3) is 4.18. The fourth-order valence-electron chi connectivity index (χ4n) is 2.63. The van der Waals surface area contributed by atoms with Crippen molar-refractivity contribution in [2.75, 3.05) is 6.54 Å². The van der Waals surface area contributed by atoms with Crippen LogP contribution in [0.2, 0.25) is 0 Å². The number of carbonyl (C=O) groups is 2. The van der Waals surface area contributed by atoms with Crippen LogP contribution in [0.15, 0.2) is 71.6 Å². The molecule has 0 spiro atoms. The van der Waals surface area contributed by atoms with Gasteiger partial charge in [0.05, 0.1) is 12.3 Å². The summed E-state index contributed by atoms with van der Waals surface area (Å²) >= 11 is 0. The number of furan rings is 1. The molecule has 3 rings (SSSR count). The summed E-state index contributed by atoms with van der Waals surface area (Å²) in [4.78, 5) is 24.3. The van der Waals surface area contributed by atoms with E-state index in [2.05, 4.69) is 15.7 Å². The molecule has 2 heterocycles. The zero-order chi connectivity index (χ0) is 18.4. The van der Waals surface area contributed by atoms with E-state index in [1.165, 1.54) is 0 Å². The Labute approximate surface area is 151 Å². The quantitative estimate of drug-likeness (QED) is 0.665. The average molecular weight is 352 g/mol. The summed E-state index contributed by atoms with van der Waals surface area (Å²) in [6.45, 7) is 2.01. The van der Waals surface area contributed by atoms with Gasteiger partial charge in [-0.3, -0.25) is 14.3 Å². The molecule has 0 bridgehead atoms. The van der Waals surface area contributed by atoms with Gasteiger partial charge in [-0.15, -0.1) is 0 Å². The monoisotopic (exact) mass is 352 g/mol. The van der Waals surface area contributed by atoms with E-state index in [9.17, 15) is 9.59 Å². The van der Waals surface area contributed by atoms with Gasteiger partial charge >= 0.3 is 11.8 Å². The molecule has 2 unspecified atom stereocenters. The molecule has 2 N–H and O–H groups in total. The number of benzene rings is 1. The summed E-state index contributed by atoms with van der Waals surface area (Å²) in [5, 5.41) is 9.52. The normalized spacial score (nSPS) is 13.0. The molecule has 0 radical (unpaired) electrons. The van der Waals surface area contributed by atoms with Crippen LogP contribution in [-0.4, -0.2) is 28.1 Å². The second-order valence-electron chi connectivity index (χ2n) is 5.83. The molecule has 2 atom stereocenters. The van der Waals surface area contributed by atoms with E-state index >= 15 is 0 Å². The highest BCUT2D eigenvalue weighted by molar-refractivity contribution is 6.35. The maximum absolute atomic E-state index is 12.2. The second-order valence-corrected chi connectivity index (χ2v) is 5.83. The van der Waals surface area contributed by atoms with E-state index in [1.54, 1.807) is 41.5 Å². The molecule has 3 aromatic rings. The van der Waals surface area contributed by atoms with Crippen molar-refractivity contribution in [3.63, 3.8) is 0 Å². The van der Waals surface area contributed by atoms with Gasteiger partial charge in [0.25, 0.3) is 0 Å². The lowest BCUT2D eigenvalue weighted by atomic mass is 10.1. The number of hydrogen-bond donors (Lipinski definition) is 2. The van der Waals surface area contributed by atoms with Gasteiger partial charge in [0, 0.05) is 18.9 Å². The van der Waals surface area contributed by atoms with Crippen LogP contribution in [0, 0.1) is 0 Å². The highest BCUT2D eigenvalue weighted by Crippen LogP contribution is 2.17. The Morgan fingerprint density at radius 1 is 1.12 bits per heavy atom. The van der Waals surface area contributed by atoms with Gasteiger partial charge in [-0.25, -0.2) is 0 Å². The van der Waals surface area contributed by atoms with Gasteiger partial charge in [-0.2, -0.15) is 5.10 Å². The Morgan fingerprint density at radius 3 is 2.58 bits per heavy atom. The Morgan fingerprint density at radius 2 is 1.92 bits per heavy atom. The number of amides is 2. The molecule has 2 amide bonds. The van der Waals surface area contributed by atoms with E-state index in [0.29, 0.717) is 5.76 Å². The molecule has 134 valence electrons. The lowest BCUT2D eigenvalue weighted by Gasteiger charge is -2.17. The molecule has 0 saturated heterocycles. The first kappa shape index (κ1) is 17.5. The maximum Gasteiger partial charge on any atom is 0.309 e. The number of nitrogens with one attached hydrogen (secondary N) is 2. The van der Waals surface area contributed by atoms with Crippen molar-refractivity contribution in [3.05, 3.63) is 78.5 Å². The third-order valence-electron chi connectivity index (χ3n) is 4.03. The van der Waals surface area contributed by atoms with E-state index < -0.39 is 11.8 Å². The van der Waals surface area contributed by atoms with Crippen molar-refractivity contribution < 1.29 is 14.0 Å². The minimum atomic E-state index is -0.698. The van der Waals surface area contributed by atoms with Gasteiger partial charge in [0.15, 0.2) is 0 Å². The van der Waals surface area contributed by atoms with Gasteiger partial charge in [0.2, 0.25) is 0 Å². The summed E-state index contributed by atoms with van der Waals surface area (Å²) in [5.41, 5.74) is 0.929. The van der Waals surface area contributed by atoms with Crippen molar-refractivity contribution in [2.24, 2.45) is 0 Å². The molecule has 0 aliphatic rings. The molecule has 26 heavy (non-hydrogen) atoms. The minimum Gasteiger partial charge on any atom is -0.467 e. The van der Waals surface area contributed by atoms with E-state index in [1.807, 2.05) is 37.3 Å². The molecule has 2 aromatic heterocycles. The van der Waals surface area contributed by atoms with Crippen molar-refractivity contribution in [1.82, 2.24) is 20.4 Å². The molecule has 7 nitrogen and oxygen atoms in total. The summed E-state index contributed by atoms with van der Waals surface area (Å²) in [6.07, 6.45) is 4.98. The lowest BCUT2D eigenvalue weighted by Crippen LogP contribution is -2.43. The predicted octanol–water partition coefficient (Wildman–Crippen LogP) is 2.06. The highest BCUT2D eigenvalue weighted by atomic mass is 16.3. The summed E-state index contributed by atoms with van der Waals surface area (Å²) < 4.78 is 7.09. The van der Waals surface area contributed by atoms with E-state index in [-0.39, 0.29) is 18.6 Å². The number of rotatable bonds is 6. The van der Waals surface area contributed by atoms with Crippen LogP contribution in [0.3, 0.4) is 0 Å². The fourth-order valence-corrected chi connectivity index (χ4v) is 2.63. The van der Waals surface area contributed by atoms with Crippen LogP contribution >= 0.6 is 0 Å². The predicted molar refractivity (Wildman–Crippen MR) is 95.1 cm³/mol. The Bertz CT molecular complexity index is 795. The zero-order valence-corrected chi connectivity index (χ0v) is 14.3. The molecule has 0 aliphatic carbocycles. The first-order valence-corrected chi connectivity index (χ1v) is 8.31. The molecular weight excluding hydrogens is 332 g/mol. The zero-order valence-electron chi connectivity index (χ0n) is 14.3. The number of carbonyl (C=O) groups excluding carboxylic acids is 2. The topological polar surface area (TPSA) is 89.2 Å². The number of hydrogen-bond acceptors (Lipinski definition) is 4. The van der Waals surface area contributed by atoms with Crippen LogP contribution in [-0.2, 0) is 9.59 Å². The summed E-state index contributed by atoms with van der Waals surface area (Å²) in [6, 6.07) is 14.2. The number of aromatic nitrogens is 2. The standard InChI is InChI=1S/C19H20N4O3/c1-14(15-7-3-2-4-8-15)22-19(25)18(24)20-13-16(17-9-5-12-26-17)23-11-6-10-21-23/h2-12,14,16H,13H2,1H3,(H,20,24)(H,22,25). The van der Waals surface area contributed by atoms with E-state index in [0.717, 1.165) is 5.56 Å². The Hall–Kier alpha value is -3.35. The minimum absolute atomic E-state index is 0.182. The first-order chi connectivity index (χ1) is 12.6. The first-order valence-electron chi connectivity index (χ1n) is 8.31. The molecule has 0 aliphatic heterocycles. The van der Waals surface area contributed by atoms with Crippen molar-refractivity contribution in [1.29, 1.82) is 0 Å². The van der Waals surface area contributed by atoms with Crippen molar-refractivity contribution in [3.8, 4) is 0 Å². The third-order valence-corrected chi connectivity index (χ3v) is 4.03. The van der Waals surface area contributed by atoms with Crippen LogP contribution < -0.4 is 10.6 Å². The van der Waals surface area contributed by atoms with Gasteiger partial charge in [0.1, 0.15) is 11.8 Å². The smallest absolute Gasteiger partial charge is 0.309 e. The van der Waals surface area contributed by atoms with Crippen LogP contribution in [0.1, 0.15) is 30.3 Å². The second kappa shape index (κ2) is 8.15. The molecule has 1 aromatic carbocycles. The van der Waals surface area contributed by atoms with Crippen molar-refractivity contribution in [2.45, 2.75) is 19.0 Å². The number of nitrogens with zero attached hydrogens (tertiary/aromatic N) is 2. The molecule has 0 fully saturated rings. The van der Waals surface area contributed by atoms with Crippen LogP contribution in [0.5, 0.6) is 0 Å². The van der Waals surface area contributed by atoms with Crippen LogP contribution in [0.25, 0.3) is 0 Å². The molecule has 0 saturated carbocycles. The fraction of sp³-hybridized carbons (Fsp3) is 0.211. The van der Waals surface area contributed by atoms with Crippen molar-refractivity contribution >= 4 is 11.8 Å². The Balaban J connectivity index is 1.59. The summed E-state index contributed by atoms with van der Waals surface area (Å²) in [5.74, 6) is -0.733.